The van der Waals surface area contributed by atoms with E-state index in [1.807, 2.05) is 13.1 Å². The number of nitrogens with zero attached hydrogens (tertiary/aromatic N) is 1. The Bertz CT molecular complexity index is 876. The first-order valence-corrected chi connectivity index (χ1v) is 16.8. The van der Waals surface area contributed by atoms with Gasteiger partial charge in [-0.3, -0.25) is 0 Å². The van der Waals surface area contributed by atoms with Gasteiger partial charge in [-0.15, -0.1) is 13.2 Å². The van der Waals surface area contributed by atoms with Crippen LogP contribution in [0.5, 0.6) is 0 Å². The molecule has 4 fully saturated rings. The van der Waals surface area contributed by atoms with E-state index in [0.717, 1.165) is 37.3 Å². The van der Waals surface area contributed by atoms with Crippen molar-refractivity contribution < 1.29 is 4.84 Å². The number of rotatable bonds is 9. The number of hydrogen-bond donors (Lipinski definition) is 2. The van der Waals surface area contributed by atoms with E-state index in [1.54, 1.807) is 5.57 Å². The molecule has 4 heteroatoms. The van der Waals surface area contributed by atoms with E-state index in [0.29, 0.717) is 34.2 Å². The largest absolute Gasteiger partial charge is 0.396 e. The summed E-state index contributed by atoms with van der Waals surface area (Å²) in [4.78, 5) is 5.93. The summed E-state index contributed by atoms with van der Waals surface area (Å²) in [7, 11) is 1.95. The van der Waals surface area contributed by atoms with Crippen LogP contribution >= 0.6 is 0 Å². The summed E-state index contributed by atoms with van der Waals surface area (Å²) in [6.45, 7) is 30.6. The zero-order valence-electron chi connectivity index (χ0n) is 28.6. The van der Waals surface area contributed by atoms with E-state index in [4.69, 9.17) is 9.99 Å². The molecule has 244 valence electrons. The zero-order valence-corrected chi connectivity index (χ0v) is 28.6. The summed E-state index contributed by atoms with van der Waals surface area (Å²) in [6, 6.07) is 1.19. The van der Waals surface area contributed by atoms with Crippen LogP contribution in [0.1, 0.15) is 127 Å². The lowest BCUT2D eigenvalue weighted by atomic mass is 9.47. The van der Waals surface area contributed by atoms with E-state index in [9.17, 15) is 0 Å². The van der Waals surface area contributed by atoms with Gasteiger partial charge in [0.1, 0.15) is 6.61 Å². The molecular weight excluding hydrogens is 514 g/mol. The van der Waals surface area contributed by atoms with Crippen LogP contribution in [0.2, 0.25) is 0 Å². The number of nitrogens with one attached hydrogen (secondary N) is 2. The van der Waals surface area contributed by atoms with Crippen LogP contribution in [-0.2, 0) is 4.84 Å². The number of allylic oxidation sites excluding steroid dienone is 3. The molecule has 0 amide bonds. The Hall–Kier alpha value is -1.39. The van der Waals surface area contributed by atoms with Crippen LogP contribution in [0, 0.1) is 39.9 Å². The molecule has 0 bridgehead atoms. The minimum atomic E-state index is 0. The van der Waals surface area contributed by atoms with E-state index in [-0.39, 0.29) is 7.43 Å². The maximum absolute atomic E-state index is 5.93. The molecule has 1 heterocycles. The summed E-state index contributed by atoms with van der Waals surface area (Å²) in [5, 5.41) is 11.4. The van der Waals surface area contributed by atoms with Crippen LogP contribution in [0.4, 0.5) is 0 Å². The molecule has 3 aliphatic carbocycles. The van der Waals surface area contributed by atoms with Gasteiger partial charge in [0.2, 0.25) is 0 Å². The van der Waals surface area contributed by atoms with Crippen molar-refractivity contribution in [2.45, 2.75) is 139 Å². The maximum atomic E-state index is 5.93. The zero-order chi connectivity index (χ0) is 30.8. The van der Waals surface area contributed by atoms with Crippen LogP contribution in [0.25, 0.3) is 0 Å². The molecule has 42 heavy (non-hydrogen) atoms. The predicted molar refractivity (Wildman–Crippen MR) is 187 cm³/mol. The van der Waals surface area contributed by atoms with Crippen LogP contribution in [-0.4, -0.2) is 38.0 Å². The molecule has 0 aromatic carbocycles. The third-order valence-electron chi connectivity index (χ3n) is 11.7. The van der Waals surface area contributed by atoms with Crippen molar-refractivity contribution in [3.8, 4) is 0 Å². The van der Waals surface area contributed by atoms with Gasteiger partial charge in [0.15, 0.2) is 0 Å². The molecule has 0 radical (unpaired) electrons. The Kier molecular flexibility index (Phi) is 15.8. The van der Waals surface area contributed by atoms with Crippen LogP contribution in [0.3, 0.4) is 0 Å². The predicted octanol–water partition coefficient (Wildman–Crippen LogP) is 9.98. The third kappa shape index (κ3) is 8.62. The van der Waals surface area contributed by atoms with Gasteiger partial charge in [0.05, 0.1) is 5.71 Å². The van der Waals surface area contributed by atoms with Crippen LogP contribution in [0.15, 0.2) is 42.6 Å². The van der Waals surface area contributed by atoms with E-state index < -0.39 is 0 Å². The molecule has 7 atom stereocenters. The Morgan fingerprint density at radius 2 is 1.76 bits per heavy atom. The highest BCUT2D eigenvalue weighted by Crippen LogP contribution is 2.66. The third-order valence-corrected chi connectivity index (χ3v) is 11.7. The Labute approximate surface area is 262 Å². The Morgan fingerprint density at radius 3 is 2.31 bits per heavy atom. The molecule has 4 rings (SSSR count). The lowest BCUT2D eigenvalue weighted by Crippen LogP contribution is -2.50. The number of fused-ring (bicyclic) bond motifs is 3. The van der Waals surface area contributed by atoms with Crippen molar-refractivity contribution in [1.82, 2.24) is 10.6 Å². The molecular formula is C38H71N3O. The van der Waals surface area contributed by atoms with Gasteiger partial charge < -0.3 is 15.5 Å². The molecule has 0 spiro atoms. The van der Waals surface area contributed by atoms with Crippen molar-refractivity contribution in [2.75, 3.05) is 20.2 Å². The Balaban J connectivity index is 0.000000999. The topological polar surface area (TPSA) is 45.6 Å². The first-order chi connectivity index (χ1) is 19.4. The van der Waals surface area contributed by atoms with E-state index in [1.165, 1.54) is 63.5 Å². The Morgan fingerprint density at radius 1 is 1.10 bits per heavy atom. The first kappa shape index (κ1) is 38.6. The molecule has 2 N–H and O–H groups in total. The summed E-state index contributed by atoms with van der Waals surface area (Å²) in [5.74, 6) is 3.13. The lowest BCUT2D eigenvalue weighted by molar-refractivity contribution is -0.0412. The summed E-state index contributed by atoms with van der Waals surface area (Å²) < 4.78 is 0. The van der Waals surface area contributed by atoms with Gasteiger partial charge in [-0.1, -0.05) is 91.8 Å². The second-order valence-corrected chi connectivity index (χ2v) is 14.7. The van der Waals surface area contributed by atoms with Crippen molar-refractivity contribution in [3.05, 3.63) is 37.5 Å². The minimum absolute atomic E-state index is 0. The van der Waals surface area contributed by atoms with Crippen molar-refractivity contribution in [1.29, 1.82) is 0 Å². The first-order valence-electron chi connectivity index (χ1n) is 16.8. The molecule has 1 aliphatic heterocycles. The standard InChI is InChI=1S/C31H52N2O.C4H11N.C2H4.CH4/c1-8-10-23-11-12-24-26-14-13-25(31(26,7)18-15-27(24)30(23,6)17-9-2)22(3)33-34-21-16-28-29(4,5)19-20-32-28;1-4(2)5-3;1-2;/h8,10,24-28,32H,1,9,11-21H2,2-7H3;4-5H,1-3H3;1-2H2;1H4/b23-10-,33-22+;;;. The average molecular weight is 586 g/mol. The SMILES string of the molecule is C.C=C.C=C/C=C1/CCC2C(CCC3(C)C(/C(C)=N/OCCC4NCCC4(C)C)CCC23)C1(C)CCC.CNC(C)C. The smallest absolute Gasteiger partial charge is 0.118 e. The van der Waals surface area contributed by atoms with Crippen molar-refractivity contribution >= 4 is 5.71 Å². The molecule has 7 unspecified atom stereocenters. The summed E-state index contributed by atoms with van der Waals surface area (Å²) in [6.07, 6.45) is 17.3. The fourth-order valence-corrected chi connectivity index (χ4v) is 9.19. The minimum Gasteiger partial charge on any atom is -0.396 e. The van der Waals surface area contributed by atoms with Gasteiger partial charge in [-0.25, -0.2) is 0 Å². The molecule has 3 saturated carbocycles. The average Bonchev–Trinajstić information content (AvgIpc) is 3.47. The fraction of sp³-hybridized carbons (Fsp3) is 0.816. The van der Waals surface area contributed by atoms with Crippen molar-refractivity contribution in [3.63, 3.8) is 0 Å². The highest BCUT2D eigenvalue weighted by atomic mass is 16.6. The van der Waals surface area contributed by atoms with Gasteiger partial charge >= 0.3 is 0 Å². The van der Waals surface area contributed by atoms with E-state index >= 15 is 0 Å². The molecule has 1 saturated heterocycles. The highest BCUT2D eigenvalue weighted by Gasteiger charge is 2.58. The summed E-state index contributed by atoms with van der Waals surface area (Å²) >= 11 is 0. The lowest BCUT2D eigenvalue weighted by Gasteiger charge is -2.57. The fourth-order valence-electron chi connectivity index (χ4n) is 9.19. The second-order valence-electron chi connectivity index (χ2n) is 14.7. The number of hydrogen-bond acceptors (Lipinski definition) is 4. The van der Waals surface area contributed by atoms with Crippen LogP contribution < -0.4 is 10.6 Å². The maximum Gasteiger partial charge on any atom is 0.118 e. The molecule has 4 nitrogen and oxygen atoms in total. The normalized spacial score (nSPS) is 36.0. The summed E-state index contributed by atoms with van der Waals surface area (Å²) in [5.41, 5.74) is 4.05. The molecule has 4 aliphatic rings. The van der Waals surface area contributed by atoms with Crippen molar-refractivity contribution in [2.24, 2.45) is 45.1 Å². The number of oxime groups is 1. The monoisotopic (exact) mass is 586 g/mol. The quantitative estimate of drug-likeness (QED) is 0.122. The van der Waals surface area contributed by atoms with Gasteiger partial charge in [0.25, 0.3) is 0 Å². The molecule has 0 aromatic heterocycles. The van der Waals surface area contributed by atoms with E-state index in [2.05, 4.69) is 91.8 Å². The molecule has 0 aromatic rings. The van der Waals surface area contributed by atoms with Gasteiger partial charge in [-0.05, 0) is 112 Å². The van der Waals surface area contributed by atoms with Gasteiger partial charge in [0, 0.05) is 18.0 Å². The highest BCUT2D eigenvalue weighted by molar-refractivity contribution is 5.85. The van der Waals surface area contributed by atoms with Gasteiger partial charge in [-0.2, -0.15) is 0 Å². The second kappa shape index (κ2) is 17.2.